The van der Waals surface area contributed by atoms with Crippen LogP contribution >= 0.6 is 0 Å². The van der Waals surface area contributed by atoms with Crippen LogP contribution in [0.1, 0.15) is 19.3 Å². The summed E-state index contributed by atoms with van der Waals surface area (Å²) in [6, 6.07) is 0.0214. The van der Waals surface area contributed by atoms with Gasteiger partial charge in [-0.3, -0.25) is 0 Å². The van der Waals surface area contributed by atoms with Gasteiger partial charge in [0.2, 0.25) is 10.0 Å². The van der Waals surface area contributed by atoms with Crippen LogP contribution in [-0.4, -0.2) is 58.4 Å². The quantitative estimate of drug-likeness (QED) is 0.780. The van der Waals surface area contributed by atoms with Crippen molar-refractivity contribution in [1.29, 1.82) is 0 Å². The Morgan fingerprint density at radius 2 is 2.06 bits per heavy atom. The topological polar surface area (TPSA) is 58.6 Å². The van der Waals surface area contributed by atoms with E-state index in [9.17, 15) is 8.42 Å². The molecule has 0 radical (unpaired) electrons. The Balaban J connectivity index is 2.16. The first-order valence-corrected chi connectivity index (χ1v) is 7.98. The van der Waals surface area contributed by atoms with Crippen LogP contribution in [-0.2, 0) is 14.8 Å². The van der Waals surface area contributed by atoms with Crippen molar-refractivity contribution in [3.63, 3.8) is 0 Å². The summed E-state index contributed by atoms with van der Waals surface area (Å²) < 4.78 is 30.4. The van der Waals surface area contributed by atoms with Crippen molar-refractivity contribution in [1.82, 2.24) is 9.62 Å². The standard InChI is InChI=1S/C11H22N2O3S/c1-16-8-10-7-11(3-5-12-6-4-11)9-13(10)17(2,14)15/h10,12H,3-9H2,1-2H3/t10-/m1/s1. The molecule has 0 bridgehead atoms. The number of hydrogen-bond acceptors (Lipinski definition) is 4. The molecule has 0 amide bonds. The molecule has 1 N–H and O–H groups in total. The predicted molar refractivity (Wildman–Crippen MR) is 66.4 cm³/mol. The average molecular weight is 262 g/mol. The number of sulfonamides is 1. The van der Waals surface area contributed by atoms with Crippen LogP contribution in [0.25, 0.3) is 0 Å². The Hall–Kier alpha value is -0.170. The first-order valence-electron chi connectivity index (χ1n) is 6.13. The first kappa shape index (κ1) is 13.3. The van der Waals surface area contributed by atoms with E-state index in [-0.39, 0.29) is 11.5 Å². The summed E-state index contributed by atoms with van der Waals surface area (Å²) in [5.74, 6) is 0. The maximum Gasteiger partial charge on any atom is 0.211 e. The summed E-state index contributed by atoms with van der Waals surface area (Å²) in [5.41, 5.74) is 0.178. The van der Waals surface area contributed by atoms with E-state index >= 15 is 0 Å². The highest BCUT2D eigenvalue weighted by Gasteiger charge is 2.47. The minimum atomic E-state index is -3.12. The van der Waals surface area contributed by atoms with Gasteiger partial charge in [-0.05, 0) is 37.8 Å². The zero-order valence-corrected chi connectivity index (χ0v) is 11.4. The number of nitrogens with zero attached hydrogens (tertiary/aromatic N) is 1. The molecule has 1 spiro atoms. The Morgan fingerprint density at radius 3 is 2.59 bits per heavy atom. The van der Waals surface area contributed by atoms with Crippen molar-refractivity contribution in [2.24, 2.45) is 5.41 Å². The second kappa shape index (κ2) is 4.84. The van der Waals surface area contributed by atoms with E-state index in [1.165, 1.54) is 6.26 Å². The molecule has 100 valence electrons. The Labute approximate surface area is 104 Å². The molecular formula is C11H22N2O3S. The molecule has 0 aliphatic carbocycles. The molecule has 5 nitrogen and oxygen atoms in total. The molecule has 0 saturated carbocycles. The smallest absolute Gasteiger partial charge is 0.211 e. The zero-order chi connectivity index (χ0) is 12.5. The summed E-state index contributed by atoms with van der Waals surface area (Å²) in [5, 5.41) is 3.34. The second-order valence-corrected chi connectivity index (χ2v) is 7.31. The van der Waals surface area contributed by atoms with Crippen LogP contribution in [0.15, 0.2) is 0 Å². The zero-order valence-electron chi connectivity index (χ0n) is 10.6. The van der Waals surface area contributed by atoms with Crippen LogP contribution in [0, 0.1) is 5.41 Å². The minimum absolute atomic E-state index is 0.0214. The highest BCUT2D eigenvalue weighted by Crippen LogP contribution is 2.42. The summed E-state index contributed by atoms with van der Waals surface area (Å²) in [7, 11) is -1.48. The number of rotatable bonds is 3. The highest BCUT2D eigenvalue weighted by atomic mass is 32.2. The van der Waals surface area contributed by atoms with Gasteiger partial charge in [0.25, 0.3) is 0 Å². The van der Waals surface area contributed by atoms with Crippen molar-refractivity contribution in [2.45, 2.75) is 25.3 Å². The second-order valence-electron chi connectivity index (χ2n) is 5.37. The van der Waals surface area contributed by atoms with Gasteiger partial charge in [-0.2, -0.15) is 4.31 Å². The third-order valence-corrected chi connectivity index (χ3v) is 5.30. The molecular weight excluding hydrogens is 240 g/mol. The summed E-state index contributed by atoms with van der Waals surface area (Å²) in [6.45, 7) is 3.17. The van der Waals surface area contributed by atoms with Gasteiger partial charge >= 0.3 is 0 Å². The van der Waals surface area contributed by atoms with Crippen molar-refractivity contribution in [2.75, 3.05) is 39.6 Å². The van der Waals surface area contributed by atoms with Crippen molar-refractivity contribution < 1.29 is 13.2 Å². The van der Waals surface area contributed by atoms with Gasteiger partial charge in [-0.25, -0.2) is 8.42 Å². The molecule has 0 aromatic heterocycles. The lowest BCUT2D eigenvalue weighted by molar-refractivity contribution is 0.146. The van der Waals surface area contributed by atoms with E-state index in [0.717, 1.165) is 32.4 Å². The van der Waals surface area contributed by atoms with Gasteiger partial charge in [0.05, 0.1) is 12.9 Å². The van der Waals surface area contributed by atoms with Crippen LogP contribution in [0.4, 0.5) is 0 Å². The van der Waals surface area contributed by atoms with Crippen LogP contribution in [0.3, 0.4) is 0 Å². The summed E-state index contributed by atoms with van der Waals surface area (Å²) >= 11 is 0. The molecule has 17 heavy (non-hydrogen) atoms. The molecule has 0 unspecified atom stereocenters. The molecule has 2 saturated heterocycles. The maximum atomic E-state index is 11.8. The lowest BCUT2D eigenvalue weighted by Gasteiger charge is -2.33. The van der Waals surface area contributed by atoms with Gasteiger partial charge < -0.3 is 10.1 Å². The van der Waals surface area contributed by atoms with Crippen LogP contribution < -0.4 is 5.32 Å². The van der Waals surface area contributed by atoms with E-state index in [1.807, 2.05) is 0 Å². The summed E-state index contributed by atoms with van der Waals surface area (Å²) in [4.78, 5) is 0. The largest absolute Gasteiger partial charge is 0.383 e. The van der Waals surface area contributed by atoms with E-state index in [1.54, 1.807) is 11.4 Å². The van der Waals surface area contributed by atoms with Crippen molar-refractivity contribution in [3.05, 3.63) is 0 Å². The molecule has 2 aliphatic heterocycles. The van der Waals surface area contributed by atoms with E-state index in [4.69, 9.17) is 4.74 Å². The molecule has 2 aliphatic rings. The number of methoxy groups -OCH3 is 1. The van der Waals surface area contributed by atoms with Gasteiger partial charge in [0.1, 0.15) is 0 Å². The summed E-state index contributed by atoms with van der Waals surface area (Å²) in [6.07, 6.45) is 4.38. The minimum Gasteiger partial charge on any atom is -0.383 e. The third-order valence-electron chi connectivity index (χ3n) is 4.02. The van der Waals surface area contributed by atoms with Crippen molar-refractivity contribution >= 4 is 10.0 Å². The van der Waals surface area contributed by atoms with Crippen LogP contribution in [0.2, 0.25) is 0 Å². The van der Waals surface area contributed by atoms with Gasteiger partial charge in [-0.1, -0.05) is 0 Å². The third kappa shape index (κ3) is 2.81. The predicted octanol–water partition coefficient (Wildman–Crippen LogP) is 0.0365. The average Bonchev–Trinajstić information content (AvgIpc) is 2.58. The SMILES string of the molecule is COC[C@H]1CC2(CCNCC2)CN1S(C)(=O)=O. The molecule has 6 heteroatoms. The molecule has 2 heterocycles. The maximum absolute atomic E-state index is 11.8. The normalized spacial score (nSPS) is 29.9. The molecule has 2 fully saturated rings. The lowest BCUT2D eigenvalue weighted by atomic mass is 9.77. The molecule has 1 atom stereocenters. The Morgan fingerprint density at radius 1 is 1.41 bits per heavy atom. The monoisotopic (exact) mass is 262 g/mol. The molecule has 0 aromatic rings. The van der Waals surface area contributed by atoms with Crippen LogP contribution in [0.5, 0.6) is 0 Å². The van der Waals surface area contributed by atoms with Crippen molar-refractivity contribution in [3.8, 4) is 0 Å². The first-order chi connectivity index (χ1) is 7.97. The number of ether oxygens (including phenoxy) is 1. The van der Waals surface area contributed by atoms with E-state index in [0.29, 0.717) is 13.2 Å². The fraction of sp³-hybridized carbons (Fsp3) is 1.00. The molecule has 0 aromatic carbocycles. The lowest BCUT2D eigenvalue weighted by Crippen LogP contribution is -2.40. The number of nitrogens with one attached hydrogen (secondary N) is 1. The van der Waals surface area contributed by atoms with E-state index in [2.05, 4.69) is 5.32 Å². The van der Waals surface area contributed by atoms with Gasteiger partial charge in [0.15, 0.2) is 0 Å². The fourth-order valence-electron chi connectivity index (χ4n) is 3.17. The highest BCUT2D eigenvalue weighted by molar-refractivity contribution is 7.88. The van der Waals surface area contributed by atoms with E-state index < -0.39 is 10.0 Å². The molecule has 2 rings (SSSR count). The fourth-order valence-corrected chi connectivity index (χ4v) is 4.35. The van der Waals surface area contributed by atoms with Gasteiger partial charge in [0, 0.05) is 19.7 Å². The Bertz CT molecular complexity index is 363. The Kier molecular flexibility index (Phi) is 3.77. The number of hydrogen-bond donors (Lipinski definition) is 1. The number of piperidine rings is 1. The van der Waals surface area contributed by atoms with Gasteiger partial charge in [-0.15, -0.1) is 0 Å².